The van der Waals surface area contributed by atoms with E-state index in [4.69, 9.17) is 9.72 Å². The first-order valence-corrected chi connectivity index (χ1v) is 27.1. The Hall–Kier alpha value is -7.33. The Morgan fingerprint density at radius 2 is 1.12 bits per heavy atom. The number of imidazole rings is 1. The summed E-state index contributed by atoms with van der Waals surface area (Å²) in [5.74, 6) is 2.39. The summed E-state index contributed by atoms with van der Waals surface area (Å²) in [4.78, 5) is 5.25. The van der Waals surface area contributed by atoms with Crippen molar-refractivity contribution >= 4 is 32.8 Å². The van der Waals surface area contributed by atoms with E-state index in [1.807, 2.05) is 18.2 Å². The number of benzene rings is 8. The van der Waals surface area contributed by atoms with E-state index in [0.29, 0.717) is 17.4 Å². The van der Waals surface area contributed by atoms with E-state index in [1.54, 1.807) is 0 Å². The fourth-order valence-electron chi connectivity index (χ4n) is 10.9. The second-order valence-electron chi connectivity index (χ2n) is 23.5. The van der Waals surface area contributed by atoms with Gasteiger partial charge in [0.25, 0.3) is 6.33 Å². The molecular formula is C71H68N4OPt-2. The monoisotopic (exact) mass is 1190 g/mol. The summed E-state index contributed by atoms with van der Waals surface area (Å²) in [6, 6.07) is 70.6. The smallest absolute Gasteiger partial charge is 0.268 e. The minimum absolute atomic E-state index is 0. The molecule has 0 radical (unpaired) electrons. The zero-order chi connectivity index (χ0) is 53.1. The largest absolute Gasteiger partial charge is 0.510 e. The summed E-state index contributed by atoms with van der Waals surface area (Å²) < 4.78 is 13.4. The van der Waals surface area contributed by atoms with Crippen LogP contribution in [0.25, 0.3) is 83.4 Å². The number of fused-ring (bicyclic) bond motifs is 4. The van der Waals surface area contributed by atoms with Gasteiger partial charge in [0.05, 0.1) is 16.7 Å². The zero-order valence-electron chi connectivity index (χ0n) is 46.3. The van der Waals surface area contributed by atoms with Gasteiger partial charge in [-0.3, -0.25) is 4.57 Å². The molecule has 6 heteroatoms. The SMILES string of the molecule is CCC(CC)c1cc(-n2c3[c-]c(Oc4[c-]c(-n5[c-][n+](-c6c(-c7ccccc7)cccc6-c6cc(C(C)(C)C)cc(C(C)(C)C)c6)c6ccccc65)ccc4)ccc3c3ccccc32)ncc1-c1ccc(C(C)(C)C)cc1.[Pt]. The molecule has 3 aromatic heterocycles. The van der Waals surface area contributed by atoms with Crippen molar-refractivity contribution in [3.63, 3.8) is 0 Å². The number of aromatic nitrogens is 4. The van der Waals surface area contributed by atoms with Gasteiger partial charge >= 0.3 is 0 Å². The molecule has 0 atom stereocenters. The molecular weight excluding hydrogens is 1120 g/mol. The Bertz CT molecular complexity index is 3900. The van der Waals surface area contributed by atoms with Gasteiger partial charge in [-0.2, -0.15) is 18.2 Å². The first-order chi connectivity index (χ1) is 36.5. The van der Waals surface area contributed by atoms with E-state index in [0.717, 1.165) is 79.6 Å². The fraction of sp³-hybridized carbons (Fsp3) is 0.239. The van der Waals surface area contributed by atoms with Crippen molar-refractivity contribution < 1.29 is 30.4 Å². The van der Waals surface area contributed by atoms with Gasteiger partial charge in [0.15, 0.2) is 0 Å². The maximum absolute atomic E-state index is 6.80. The molecule has 390 valence electrons. The first kappa shape index (κ1) is 53.1. The number of hydrogen-bond acceptors (Lipinski definition) is 2. The van der Waals surface area contributed by atoms with E-state index in [-0.39, 0.29) is 37.3 Å². The predicted molar refractivity (Wildman–Crippen MR) is 316 cm³/mol. The average Bonchev–Trinajstić information content (AvgIpc) is 3.98. The number of ether oxygens (including phenoxy) is 1. The van der Waals surface area contributed by atoms with Gasteiger partial charge < -0.3 is 13.9 Å². The van der Waals surface area contributed by atoms with Crippen LogP contribution in [0.15, 0.2) is 182 Å². The summed E-state index contributed by atoms with van der Waals surface area (Å²) in [5, 5.41) is 2.22. The quantitative estimate of drug-likeness (QED) is 0.0956. The minimum atomic E-state index is -0.0478. The number of para-hydroxylation sites is 4. The normalized spacial score (nSPS) is 12.2. The number of rotatable bonds is 11. The molecule has 0 bridgehead atoms. The molecule has 0 fully saturated rings. The molecule has 11 rings (SSSR count). The van der Waals surface area contributed by atoms with E-state index in [2.05, 4.69) is 272 Å². The molecule has 11 aromatic rings. The van der Waals surface area contributed by atoms with Crippen LogP contribution in [-0.2, 0) is 37.3 Å². The van der Waals surface area contributed by atoms with Crippen LogP contribution in [0, 0.1) is 18.5 Å². The van der Waals surface area contributed by atoms with Crippen molar-refractivity contribution in [3.05, 3.63) is 223 Å². The Morgan fingerprint density at radius 1 is 0.519 bits per heavy atom. The third-order valence-electron chi connectivity index (χ3n) is 15.3. The van der Waals surface area contributed by atoms with Crippen LogP contribution in [-0.4, -0.2) is 14.1 Å². The Labute approximate surface area is 470 Å². The molecule has 0 saturated heterocycles. The van der Waals surface area contributed by atoms with E-state index in [1.165, 1.54) is 38.9 Å². The molecule has 5 nitrogen and oxygen atoms in total. The summed E-state index contributed by atoms with van der Waals surface area (Å²) in [6.07, 6.45) is 8.00. The minimum Gasteiger partial charge on any atom is -0.510 e. The molecule has 0 saturated carbocycles. The summed E-state index contributed by atoms with van der Waals surface area (Å²) in [5.41, 5.74) is 18.0. The molecule has 0 aliphatic heterocycles. The van der Waals surface area contributed by atoms with Gasteiger partial charge in [-0.1, -0.05) is 215 Å². The van der Waals surface area contributed by atoms with Gasteiger partial charge in [0.2, 0.25) is 0 Å². The summed E-state index contributed by atoms with van der Waals surface area (Å²) in [6.45, 7) is 25.2. The molecule has 8 aromatic carbocycles. The Kier molecular flexibility index (Phi) is 14.4. The predicted octanol–water partition coefficient (Wildman–Crippen LogP) is 18.4. The van der Waals surface area contributed by atoms with Crippen LogP contribution in [0.4, 0.5) is 0 Å². The molecule has 3 heterocycles. The number of hydrogen-bond donors (Lipinski definition) is 0. The van der Waals surface area contributed by atoms with Crippen LogP contribution < -0.4 is 9.30 Å². The van der Waals surface area contributed by atoms with Gasteiger partial charge in [-0.05, 0) is 108 Å². The second-order valence-corrected chi connectivity index (χ2v) is 23.5. The van der Waals surface area contributed by atoms with Crippen LogP contribution >= 0.6 is 0 Å². The number of pyridine rings is 1. The molecule has 77 heavy (non-hydrogen) atoms. The van der Waals surface area contributed by atoms with Crippen LogP contribution in [0.2, 0.25) is 0 Å². The van der Waals surface area contributed by atoms with Crippen LogP contribution in [0.5, 0.6) is 11.5 Å². The van der Waals surface area contributed by atoms with Crippen LogP contribution in [0.1, 0.15) is 117 Å². The molecule has 0 spiro atoms. The molecule has 0 aliphatic carbocycles. The Balaban J connectivity index is 0.00000672. The third kappa shape index (κ3) is 10.2. The van der Waals surface area contributed by atoms with Crippen molar-refractivity contribution in [3.8, 4) is 62.1 Å². The zero-order valence-corrected chi connectivity index (χ0v) is 48.6. The second kappa shape index (κ2) is 20.9. The molecule has 0 unspecified atom stereocenters. The maximum atomic E-state index is 6.80. The maximum Gasteiger partial charge on any atom is 0.268 e. The molecule has 0 amide bonds. The first-order valence-electron chi connectivity index (χ1n) is 27.1. The van der Waals surface area contributed by atoms with E-state index >= 15 is 0 Å². The van der Waals surface area contributed by atoms with Crippen molar-refractivity contribution in [2.45, 2.75) is 111 Å². The van der Waals surface area contributed by atoms with Gasteiger partial charge in [-0.15, -0.1) is 29.7 Å². The third-order valence-corrected chi connectivity index (χ3v) is 15.3. The summed E-state index contributed by atoms with van der Waals surface area (Å²) in [7, 11) is 0. The van der Waals surface area contributed by atoms with Crippen molar-refractivity contribution in [1.82, 2.24) is 14.1 Å². The van der Waals surface area contributed by atoms with E-state index < -0.39 is 0 Å². The van der Waals surface area contributed by atoms with Crippen molar-refractivity contribution in [2.24, 2.45) is 0 Å². The molecule has 0 N–H and O–H groups in total. The van der Waals surface area contributed by atoms with Crippen LogP contribution in [0.3, 0.4) is 0 Å². The van der Waals surface area contributed by atoms with Gasteiger partial charge in [-0.25, -0.2) is 4.98 Å². The Morgan fingerprint density at radius 3 is 1.79 bits per heavy atom. The molecule has 0 aliphatic rings. The van der Waals surface area contributed by atoms with Gasteiger partial charge in [0.1, 0.15) is 5.82 Å². The van der Waals surface area contributed by atoms with Crippen molar-refractivity contribution in [1.29, 1.82) is 0 Å². The summed E-state index contributed by atoms with van der Waals surface area (Å²) >= 11 is 0. The van der Waals surface area contributed by atoms with Gasteiger partial charge in [0, 0.05) is 49.8 Å². The number of nitrogens with zero attached hydrogens (tertiary/aromatic N) is 4. The fourth-order valence-corrected chi connectivity index (χ4v) is 10.9. The topological polar surface area (TPSA) is 35.9 Å². The van der Waals surface area contributed by atoms with Crippen molar-refractivity contribution in [2.75, 3.05) is 0 Å². The van der Waals surface area contributed by atoms with E-state index in [9.17, 15) is 0 Å². The average molecular weight is 1190 g/mol. The standard InChI is InChI=1S/C71H68N4O.Pt/c1-12-47(13-2)61-44-67(72-45-62(61)49-33-35-51(36-34-49)69(3,4)5)75-63-30-18-17-27-59(63)60-38-37-56(43-66(60)75)76-55-26-21-25-54(42-55)73-46-74(65-32-20-19-31-64(65)73)68-57(48-23-15-14-16-24-48)28-22-29-58(68)50-39-52(70(6,7)8)41-53(40-50)71(9,10)11;/h14-41,44-45,47H,12-13H2,1-11H3;/q-2;.